The monoisotopic (exact) mass is 352 g/mol. The number of rotatable bonds is 5. The van der Waals surface area contributed by atoms with Gasteiger partial charge < -0.3 is 14.3 Å². The highest BCUT2D eigenvalue weighted by Gasteiger charge is 2.09. The molecule has 0 saturated carbocycles. The molecular formula is C14H13BrN2O4. The third-order valence-electron chi connectivity index (χ3n) is 2.50. The Hall–Kier alpha value is -2.28. The van der Waals surface area contributed by atoms with Crippen molar-refractivity contribution < 1.29 is 19.1 Å². The summed E-state index contributed by atoms with van der Waals surface area (Å²) in [5, 5.41) is 13.7. The topological polar surface area (TPSA) is 84.1 Å². The fraction of sp³-hybridized carbons (Fsp3) is 0.143. The molecule has 1 aromatic heterocycles. The molecule has 0 fully saturated rings. The molecule has 7 heteroatoms. The minimum Gasteiger partial charge on any atom is -0.504 e. The van der Waals surface area contributed by atoms with Crippen LogP contribution in [0.25, 0.3) is 0 Å². The first-order valence-electron chi connectivity index (χ1n) is 6.15. The number of furan rings is 1. The van der Waals surface area contributed by atoms with Crippen molar-refractivity contribution in [2.75, 3.05) is 6.61 Å². The smallest absolute Gasteiger partial charge is 0.307 e. The maximum atomic E-state index is 11.7. The summed E-state index contributed by atoms with van der Waals surface area (Å²) in [5.41, 5.74) is 2.74. The van der Waals surface area contributed by atoms with Crippen molar-refractivity contribution in [3.8, 4) is 11.5 Å². The number of phenols is 1. The van der Waals surface area contributed by atoms with Crippen LogP contribution in [0.5, 0.6) is 11.5 Å². The van der Waals surface area contributed by atoms with Crippen LogP contribution in [0.3, 0.4) is 0 Å². The summed E-state index contributed by atoms with van der Waals surface area (Å²) in [6.07, 6.45) is 1.33. The molecule has 0 saturated heterocycles. The highest BCUT2D eigenvalue weighted by Crippen LogP contribution is 2.28. The highest BCUT2D eigenvalue weighted by molar-refractivity contribution is 9.10. The van der Waals surface area contributed by atoms with Crippen molar-refractivity contribution in [2.24, 2.45) is 5.10 Å². The quantitative estimate of drug-likeness (QED) is 0.640. The van der Waals surface area contributed by atoms with Crippen LogP contribution in [0.4, 0.5) is 0 Å². The maximum Gasteiger partial charge on any atom is 0.307 e. The van der Waals surface area contributed by atoms with E-state index >= 15 is 0 Å². The number of halogens is 1. The zero-order chi connectivity index (χ0) is 15.2. The molecule has 21 heavy (non-hydrogen) atoms. The molecule has 0 atom stereocenters. The Kier molecular flexibility index (Phi) is 4.99. The predicted molar refractivity (Wildman–Crippen MR) is 80.7 cm³/mol. The number of hydrogen-bond donors (Lipinski definition) is 2. The predicted octanol–water partition coefficient (Wildman–Crippen LogP) is 2.91. The Bertz CT molecular complexity index is 667. The number of amides is 1. The number of hydrogen-bond acceptors (Lipinski definition) is 5. The molecule has 0 aliphatic heterocycles. The zero-order valence-corrected chi connectivity index (χ0v) is 12.8. The summed E-state index contributed by atoms with van der Waals surface area (Å²) < 4.78 is 10.8. The lowest BCUT2D eigenvalue weighted by atomic mass is 10.2. The molecule has 1 aromatic carbocycles. The summed E-state index contributed by atoms with van der Waals surface area (Å²) in [6, 6.07) is 8.14. The van der Waals surface area contributed by atoms with E-state index in [1.54, 1.807) is 24.3 Å². The summed E-state index contributed by atoms with van der Waals surface area (Å²) in [7, 11) is 0. The van der Waals surface area contributed by atoms with E-state index in [1.165, 1.54) is 12.3 Å². The second-order valence-corrected chi connectivity index (χ2v) is 4.71. The second-order valence-electron chi connectivity index (χ2n) is 3.93. The zero-order valence-electron chi connectivity index (χ0n) is 11.2. The number of benzene rings is 1. The van der Waals surface area contributed by atoms with Crippen molar-refractivity contribution in [1.29, 1.82) is 0 Å². The number of phenolic OH excluding ortho intramolecular Hbond substituents is 1. The molecule has 0 aliphatic carbocycles. The van der Waals surface area contributed by atoms with Gasteiger partial charge in [-0.05, 0) is 47.1 Å². The van der Waals surface area contributed by atoms with Crippen molar-refractivity contribution in [3.63, 3.8) is 0 Å². The van der Waals surface area contributed by atoms with Crippen LogP contribution in [0.15, 0.2) is 44.5 Å². The lowest BCUT2D eigenvalue weighted by Crippen LogP contribution is -2.16. The number of para-hydroxylation sites is 1. The number of aromatic hydroxyl groups is 1. The van der Waals surface area contributed by atoms with Gasteiger partial charge in [-0.15, -0.1) is 0 Å². The molecule has 1 heterocycles. The van der Waals surface area contributed by atoms with Gasteiger partial charge in [0.05, 0.1) is 12.8 Å². The average Bonchev–Trinajstić information content (AvgIpc) is 2.89. The highest BCUT2D eigenvalue weighted by atomic mass is 79.9. The van der Waals surface area contributed by atoms with Crippen LogP contribution in [0.1, 0.15) is 23.0 Å². The lowest BCUT2D eigenvalue weighted by Gasteiger charge is -2.06. The van der Waals surface area contributed by atoms with Gasteiger partial charge in [-0.1, -0.05) is 6.07 Å². The third kappa shape index (κ3) is 3.85. The Balaban J connectivity index is 2.04. The molecule has 0 spiro atoms. The lowest BCUT2D eigenvalue weighted by molar-refractivity contribution is 0.0926. The fourth-order valence-electron chi connectivity index (χ4n) is 1.57. The van der Waals surface area contributed by atoms with E-state index in [-0.39, 0.29) is 11.5 Å². The van der Waals surface area contributed by atoms with E-state index in [9.17, 15) is 9.90 Å². The van der Waals surface area contributed by atoms with Gasteiger partial charge in [0.15, 0.2) is 21.9 Å². The van der Waals surface area contributed by atoms with E-state index in [2.05, 4.69) is 26.5 Å². The molecule has 2 N–H and O–H groups in total. The summed E-state index contributed by atoms with van der Waals surface area (Å²) in [4.78, 5) is 11.7. The Morgan fingerprint density at radius 2 is 2.29 bits per heavy atom. The van der Waals surface area contributed by atoms with Gasteiger partial charge in [0.25, 0.3) is 0 Å². The third-order valence-corrected chi connectivity index (χ3v) is 2.92. The van der Waals surface area contributed by atoms with E-state index in [4.69, 9.17) is 9.15 Å². The number of ether oxygens (including phenoxy) is 1. The first-order valence-corrected chi connectivity index (χ1v) is 6.94. The van der Waals surface area contributed by atoms with Gasteiger partial charge in [0, 0.05) is 5.56 Å². The molecule has 2 aromatic rings. The number of hydrazone groups is 1. The van der Waals surface area contributed by atoms with Crippen molar-refractivity contribution in [1.82, 2.24) is 5.43 Å². The van der Waals surface area contributed by atoms with Gasteiger partial charge in [0.1, 0.15) is 0 Å². The molecule has 1 amide bonds. The molecule has 0 radical (unpaired) electrons. The van der Waals surface area contributed by atoms with Gasteiger partial charge in [-0.2, -0.15) is 5.10 Å². The Morgan fingerprint density at radius 1 is 1.48 bits per heavy atom. The van der Waals surface area contributed by atoms with Gasteiger partial charge in [-0.3, -0.25) is 4.79 Å². The number of nitrogens with one attached hydrogen (secondary N) is 1. The fourth-order valence-corrected chi connectivity index (χ4v) is 1.87. The Labute approximate surface area is 129 Å². The van der Waals surface area contributed by atoms with Crippen molar-refractivity contribution in [2.45, 2.75) is 6.92 Å². The minimum atomic E-state index is -0.489. The largest absolute Gasteiger partial charge is 0.504 e. The van der Waals surface area contributed by atoms with E-state index in [1.807, 2.05) is 6.92 Å². The summed E-state index contributed by atoms with van der Waals surface area (Å²) in [5.74, 6) is -0.0236. The number of carbonyl (C=O) groups is 1. The van der Waals surface area contributed by atoms with Gasteiger partial charge >= 0.3 is 5.91 Å². The minimum absolute atomic E-state index is 0.0295. The molecule has 0 bridgehead atoms. The molecular weight excluding hydrogens is 340 g/mol. The van der Waals surface area contributed by atoms with Crippen LogP contribution in [-0.4, -0.2) is 23.8 Å². The first kappa shape index (κ1) is 15.1. The molecule has 6 nitrogen and oxygen atoms in total. The maximum absolute atomic E-state index is 11.7. The molecule has 0 aliphatic rings. The normalized spacial score (nSPS) is 10.8. The standard InChI is InChI=1S/C14H13BrN2O4/c1-2-20-10-5-3-4-9(13(10)18)8-16-17-14(19)11-6-7-12(15)21-11/h3-8,18H,2H2,1H3,(H,17,19)/b16-8+. The Morgan fingerprint density at radius 3 is 2.95 bits per heavy atom. The van der Waals surface area contributed by atoms with E-state index in [0.717, 1.165) is 0 Å². The molecule has 2 rings (SSSR count). The van der Waals surface area contributed by atoms with Gasteiger partial charge in [0.2, 0.25) is 0 Å². The average molecular weight is 353 g/mol. The van der Waals surface area contributed by atoms with Crippen LogP contribution in [-0.2, 0) is 0 Å². The van der Waals surface area contributed by atoms with Crippen LogP contribution in [0, 0.1) is 0 Å². The van der Waals surface area contributed by atoms with Crippen molar-refractivity contribution >= 4 is 28.1 Å². The molecule has 0 unspecified atom stereocenters. The van der Waals surface area contributed by atoms with Crippen LogP contribution < -0.4 is 10.2 Å². The molecule has 110 valence electrons. The summed E-state index contributed by atoms with van der Waals surface area (Å²) >= 11 is 3.11. The van der Waals surface area contributed by atoms with E-state index in [0.29, 0.717) is 22.6 Å². The first-order chi connectivity index (χ1) is 10.1. The van der Waals surface area contributed by atoms with Crippen molar-refractivity contribution in [3.05, 3.63) is 46.3 Å². The SMILES string of the molecule is CCOc1cccc(/C=N/NC(=O)c2ccc(Br)o2)c1O. The summed E-state index contributed by atoms with van der Waals surface area (Å²) in [6.45, 7) is 2.26. The van der Waals surface area contributed by atoms with Crippen LogP contribution in [0.2, 0.25) is 0 Å². The van der Waals surface area contributed by atoms with Crippen LogP contribution >= 0.6 is 15.9 Å². The number of nitrogens with zero attached hydrogens (tertiary/aromatic N) is 1. The second kappa shape index (κ2) is 6.94. The number of carbonyl (C=O) groups excluding carboxylic acids is 1. The van der Waals surface area contributed by atoms with E-state index < -0.39 is 5.91 Å². The van der Waals surface area contributed by atoms with Gasteiger partial charge in [-0.25, -0.2) is 5.43 Å².